The third-order valence-corrected chi connectivity index (χ3v) is 3.56. The summed E-state index contributed by atoms with van der Waals surface area (Å²) in [5.74, 6) is 1.21. The molecule has 2 unspecified atom stereocenters. The minimum atomic E-state index is -0.491. The number of carbonyl (C=O) groups excluding carboxylic acids is 1. The molecule has 1 aromatic rings. The smallest absolute Gasteiger partial charge is 0.323 e. The number of methoxy groups -OCH3 is 2. The molecule has 0 radical (unpaired) electrons. The normalized spacial score (nSPS) is 22.0. The molecule has 1 heterocycles. The Balaban J connectivity index is 1.82. The van der Waals surface area contributed by atoms with Gasteiger partial charge in [-0.1, -0.05) is 0 Å². The fourth-order valence-electron chi connectivity index (χ4n) is 2.46. The highest BCUT2D eigenvalue weighted by Crippen LogP contribution is 2.20. The quantitative estimate of drug-likeness (QED) is 0.779. The molecule has 6 heteroatoms. The van der Waals surface area contributed by atoms with E-state index in [1.807, 2.05) is 29.2 Å². The molecular formula is C15H21NO5. The average molecular weight is 295 g/mol. The van der Waals surface area contributed by atoms with Crippen LogP contribution in [0.2, 0.25) is 0 Å². The molecular weight excluding hydrogens is 274 g/mol. The summed E-state index contributed by atoms with van der Waals surface area (Å²) in [5.41, 5.74) is 0. The molecule has 1 aromatic carbocycles. The number of nitrogens with zero attached hydrogens (tertiary/aromatic N) is 1. The standard InChI is InChI=1S/C15H21NO5/c1-19-12-3-5-13(6-4-12)21-8-7-16-10-11(17)9-14(16)15(18)20-2/h3-6,11,14,17H,7-10H2,1-2H3. The zero-order chi connectivity index (χ0) is 15.2. The maximum Gasteiger partial charge on any atom is 0.323 e. The van der Waals surface area contributed by atoms with Crippen molar-refractivity contribution in [2.24, 2.45) is 0 Å². The Hall–Kier alpha value is -1.79. The summed E-state index contributed by atoms with van der Waals surface area (Å²) in [6.45, 7) is 1.46. The average Bonchev–Trinajstić information content (AvgIpc) is 2.88. The SMILES string of the molecule is COC(=O)C1CC(O)CN1CCOc1ccc(OC)cc1. The summed E-state index contributed by atoms with van der Waals surface area (Å²) in [5, 5.41) is 9.68. The number of esters is 1. The monoisotopic (exact) mass is 295 g/mol. The topological polar surface area (TPSA) is 68.2 Å². The van der Waals surface area contributed by atoms with Gasteiger partial charge in [-0.2, -0.15) is 0 Å². The number of benzene rings is 1. The number of aliphatic hydroxyl groups excluding tert-OH is 1. The molecule has 1 fully saturated rings. The van der Waals surface area contributed by atoms with Crippen LogP contribution in [-0.4, -0.2) is 62.0 Å². The first-order valence-electron chi connectivity index (χ1n) is 6.91. The highest BCUT2D eigenvalue weighted by molar-refractivity contribution is 5.76. The third-order valence-electron chi connectivity index (χ3n) is 3.56. The van der Waals surface area contributed by atoms with Gasteiger partial charge in [0.05, 0.1) is 20.3 Å². The van der Waals surface area contributed by atoms with Gasteiger partial charge in [-0.3, -0.25) is 9.69 Å². The van der Waals surface area contributed by atoms with Crippen LogP contribution in [0, 0.1) is 0 Å². The predicted octanol–water partition coefficient (Wildman–Crippen LogP) is 0.682. The molecule has 0 bridgehead atoms. The highest BCUT2D eigenvalue weighted by Gasteiger charge is 2.36. The van der Waals surface area contributed by atoms with Gasteiger partial charge in [-0.15, -0.1) is 0 Å². The van der Waals surface area contributed by atoms with Crippen LogP contribution in [0.3, 0.4) is 0 Å². The maximum absolute atomic E-state index is 11.6. The van der Waals surface area contributed by atoms with Crippen LogP contribution in [-0.2, 0) is 9.53 Å². The summed E-state index contributed by atoms with van der Waals surface area (Å²) in [4.78, 5) is 13.5. The molecule has 116 valence electrons. The lowest BCUT2D eigenvalue weighted by Crippen LogP contribution is -2.39. The molecule has 1 N–H and O–H groups in total. The summed E-state index contributed by atoms with van der Waals surface area (Å²) >= 11 is 0. The zero-order valence-corrected chi connectivity index (χ0v) is 12.3. The fraction of sp³-hybridized carbons (Fsp3) is 0.533. The van der Waals surface area contributed by atoms with Crippen LogP contribution in [0.15, 0.2) is 24.3 Å². The Morgan fingerprint density at radius 3 is 2.57 bits per heavy atom. The van der Waals surface area contributed by atoms with Crippen LogP contribution in [0.4, 0.5) is 0 Å². The molecule has 2 rings (SSSR count). The van der Waals surface area contributed by atoms with Crippen molar-refractivity contribution in [3.63, 3.8) is 0 Å². The minimum absolute atomic E-state index is 0.309. The van der Waals surface area contributed by atoms with Crippen LogP contribution >= 0.6 is 0 Å². The summed E-state index contributed by atoms with van der Waals surface area (Å²) in [6, 6.07) is 6.92. The second kappa shape index (κ2) is 7.28. The van der Waals surface area contributed by atoms with Gasteiger partial charge in [-0.05, 0) is 24.3 Å². The van der Waals surface area contributed by atoms with E-state index in [9.17, 15) is 9.90 Å². The molecule has 0 amide bonds. The predicted molar refractivity (Wildman–Crippen MR) is 76.5 cm³/mol. The first-order chi connectivity index (χ1) is 10.1. The minimum Gasteiger partial charge on any atom is -0.497 e. The third kappa shape index (κ3) is 4.09. The number of hydrogen-bond donors (Lipinski definition) is 1. The van der Waals surface area contributed by atoms with E-state index in [4.69, 9.17) is 14.2 Å². The Bertz CT molecular complexity index is 462. The number of rotatable bonds is 6. The summed E-state index contributed by atoms with van der Waals surface area (Å²) in [6.07, 6.45) is -0.0787. The van der Waals surface area contributed by atoms with Crippen molar-refractivity contribution in [3.8, 4) is 11.5 Å². The molecule has 0 saturated carbocycles. The number of carbonyl (C=O) groups is 1. The van der Waals surface area contributed by atoms with Crippen molar-refractivity contribution in [1.82, 2.24) is 4.90 Å². The molecule has 0 aromatic heterocycles. The molecule has 1 saturated heterocycles. The number of β-amino-alcohol motifs (C(OH)–C–C–N with tert-alkyl or cyclic N) is 1. The van der Waals surface area contributed by atoms with Crippen molar-refractivity contribution >= 4 is 5.97 Å². The van der Waals surface area contributed by atoms with Gasteiger partial charge in [0.1, 0.15) is 24.1 Å². The van der Waals surface area contributed by atoms with Gasteiger partial charge in [0.15, 0.2) is 0 Å². The zero-order valence-electron chi connectivity index (χ0n) is 12.3. The van der Waals surface area contributed by atoms with Crippen LogP contribution in [0.5, 0.6) is 11.5 Å². The van der Waals surface area contributed by atoms with E-state index in [2.05, 4.69) is 0 Å². The lowest BCUT2D eigenvalue weighted by molar-refractivity contribution is -0.146. The second-order valence-corrected chi connectivity index (χ2v) is 4.95. The van der Waals surface area contributed by atoms with Gasteiger partial charge < -0.3 is 19.3 Å². The van der Waals surface area contributed by atoms with Crippen LogP contribution < -0.4 is 9.47 Å². The van der Waals surface area contributed by atoms with Crippen molar-refractivity contribution in [1.29, 1.82) is 0 Å². The van der Waals surface area contributed by atoms with E-state index >= 15 is 0 Å². The Kier molecular flexibility index (Phi) is 5.41. The molecule has 1 aliphatic rings. The van der Waals surface area contributed by atoms with Crippen molar-refractivity contribution in [2.75, 3.05) is 33.9 Å². The van der Waals surface area contributed by atoms with E-state index in [1.165, 1.54) is 7.11 Å². The lowest BCUT2D eigenvalue weighted by Gasteiger charge is -2.21. The first-order valence-corrected chi connectivity index (χ1v) is 6.91. The maximum atomic E-state index is 11.6. The van der Waals surface area contributed by atoms with E-state index in [0.29, 0.717) is 26.1 Å². The lowest BCUT2D eigenvalue weighted by atomic mass is 10.2. The molecule has 6 nitrogen and oxygen atoms in total. The van der Waals surface area contributed by atoms with Crippen LogP contribution in [0.25, 0.3) is 0 Å². The Labute approximate surface area is 124 Å². The Morgan fingerprint density at radius 1 is 1.29 bits per heavy atom. The molecule has 2 atom stereocenters. The van der Waals surface area contributed by atoms with Crippen molar-refractivity contribution < 1.29 is 24.1 Å². The van der Waals surface area contributed by atoms with Crippen LogP contribution in [0.1, 0.15) is 6.42 Å². The largest absolute Gasteiger partial charge is 0.497 e. The number of hydrogen-bond acceptors (Lipinski definition) is 6. The molecule has 0 spiro atoms. The van der Waals surface area contributed by atoms with E-state index in [1.54, 1.807) is 7.11 Å². The van der Waals surface area contributed by atoms with Crippen molar-refractivity contribution in [3.05, 3.63) is 24.3 Å². The summed E-state index contributed by atoms with van der Waals surface area (Å²) in [7, 11) is 2.97. The molecule has 1 aliphatic heterocycles. The molecule has 0 aliphatic carbocycles. The highest BCUT2D eigenvalue weighted by atomic mass is 16.5. The van der Waals surface area contributed by atoms with E-state index in [0.717, 1.165) is 11.5 Å². The molecule has 21 heavy (non-hydrogen) atoms. The van der Waals surface area contributed by atoms with Gasteiger partial charge >= 0.3 is 5.97 Å². The fourth-order valence-corrected chi connectivity index (χ4v) is 2.46. The van der Waals surface area contributed by atoms with Crippen molar-refractivity contribution in [2.45, 2.75) is 18.6 Å². The van der Waals surface area contributed by atoms with E-state index < -0.39 is 6.10 Å². The van der Waals surface area contributed by atoms with Gasteiger partial charge in [0.25, 0.3) is 0 Å². The Morgan fingerprint density at radius 2 is 1.95 bits per heavy atom. The van der Waals surface area contributed by atoms with Gasteiger partial charge in [0, 0.05) is 19.5 Å². The first kappa shape index (κ1) is 15.6. The van der Waals surface area contributed by atoms with E-state index in [-0.39, 0.29) is 12.0 Å². The number of ether oxygens (including phenoxy) is 3. The van der Waals surface area contributed by atoms with Gasteiger partial charge in [0.2, 0.25) is 0 Å². The number of likely N-dealkylation sites (tertiary alicyclic amines) is 1. The second-order valence-electron chi connectivity index (χ2n) is 4.95. The number of aliphatic hydroxyl groups is 1. The summed E-state index contributed by atoms with van der Waals surface area (Å²) < 4.78 is 15.5. The van der Waals surface area contributed by atoms with Gasteiger partial charge in [-0.25, -0.2) is 0 Å².